The summed E-state index contributed by atoms with van der Waals surface area (Å²) >= 11 is 0. The van der Waals surface area contributed by atoms with Crippen molar-refractivity contribution in [2.75, 3.05) is 39.8 Å². The van der Waals surface area contributed by atoms with Crippen LogP contribution in [0.15, 0.2) is 0 Å². The Morgan fingerprint density at radius 1 is 1.25 bits per heavy atom. The van der Waals surface area contributed by atoms with E-state index in [1.54, 1.807) is 0 Å². The molecule has 4 heteroatoms. The molecule has 0 saturated carbocycles. The molecule has 1 atom stereocenters. The molecule has 2 N–H and O–H groups in total. The third kappa shape index (κ3) is 6.71. The van der Waals surface area contributed by atoms with Gasteiger partial charge in [-0.15, -0.1) is 0 Å². The van der Waals surface area contributed by atoms with E-state index in [4.69, 9.17) is 0 Å². The van der Waals surface area contributed by atoms with Crippen molar-refractivity contribution in [3.8, 4) is 0 Å². The van der Waals surface area contributed by atoms with Crippen molar-refractivity contribution in [2.45, 2.75) is 40.0 Å². The van der Waals surface area contributed by atoms with Gasteiger partial charge in [0.05, 0.1) is 0 Å². The fourth-order valence-electron chi connectivity index (χ4n) is 2.67. The molecule has 1 heterocycles. The van der Waals surface area contributed by atoms with Gasteiger partial charge in [-0.1, -0.05) is 20.8 Å². The topological polar surface area (TPSA) is 44.4 Å². The van der Waals surface area contributed by atoms with Gasteiger partial charge in [0.2, 0.25) is 5.91 Å². The van der Waals surface area contributed by atoms with E-state index < -0.39 is 0 Å². The van der Waals surface area contributed by atoms with E-state index in [0.29, 0.717) is 5.92 Å². The highest BCUT2D eigenvalue weighted by molar-refractivity contribution is 5.78. The first kappa shape index (κ1) is 17.4. The highest BCUT2D eigenvalue weighted by Crippen LogP contribution is 2.17. The summed E-state index contributed by atoms with van der Waals surface area (Å²) in [5, 5.41) is 6.15. The summed E-state index contributed by atoms with van der Waals surface area (Å²) in [5.74, 6) is 1.70. The van der Waals surface area contributed by atoms with Crippen LogP contribution in [0.25, 0.3) is 0 Å². The average Bonchev–Trinajstić information content (AvgIpc) is 2.43. The first-order chi connectivity index (χ1) is 9.52. The van der Waals surface area contributed by atoms with Crippen LogP contribution < -0.4 is 10.6 Å². The molecule has 1 aliphatic rings. The maximum absolute atomic E-state index is 11.9. The minimum Gasteiger partial charge on any atom is -0.356 e. The van der Waals surface area contributed by atoms with Gasteiger partial charge in [0.25, 0.3) is 0 Å². The number of hydrogen-bond acceptors (Lipinski definition) is 3. The van der Waals surface area contributed by atoms with E-state index >= 15 is 0 Å². The van der Waals surface area contributed by atoms with Gasteiger partial charge in [0, 0.05) is 19.0 Å². The van der Waals surface area contributed by atoms with Gasteiger partial charge >= 0.3 is 0 Å². The van der Waals surface area contributed by atoms with Gasteiger partial charge in [-0.3, -0.25) is 4.79 Å². The van der Waals surface area contributed by atoms with Crippen LogP contribution in [0.4, 0.5) is 0 Å². The van der Waals surface area contributed by atoms with Crippen LogP contribution >= 0.6 is 0 Å². The molecule has 118 valence electrons. The van der Waals surface area contributed by atoms with Crippen molar-refractivity contribution in [1.29, 1.82) is 0 Å². The van der Waals surface area contributed by atoms with Gasteiger partial charge in [0.1, 0.15) is 0 Å². The number of carbonyl (C=O) groups is 1. The average molecular weight is 283 g/mol. The molecule has 1 amide bonds. The number of nitrogens with one attached hydrogen (secondary N) is 2. The van der Waals surface area contributed by atoms with Crippen LogP contribution in [0.2, 0.25) is 0 Å². The smallest absolute Gasteiger partial charge is 0.224 e. The molecule has 0 radical (unpaired) electrons. The normalized spacial score (nSPS) is 19.2. The van der Waals surface area contributed by atoms with Crippen molar-refractivity contribution >= 4 is 5.91 Å². The Bertz CT molecular complexity index is 273. The summed E-state index contributed by atoms with van der Waals surface area (Å²) in [6.45, 7) is 11.8. The second-order valence-electron chi connectivity index (χ2n) is 6.67. The number of piperidine rings is 1. The monoisotopic (exact) mass is 283 g/mol. The quantitative estimate of drug-likeness (QED) is 0.713. The van der Waals surface area contributed by atoms with Gasteiger partial charge in [-0.05, 0) is 57.8 Å². The van der Waals surface area contributed by atoms with Gasteiger partial charge in [0.15, 0.2) is 0 Å². The van der Waals surface area contributed by atoms with Gasteiger partial charge in [-0.2, -0.15) is 0 Å². The summed E-state index contributed by atoms with van der Waals surface area (Å²) in [4.78, 5) is 14.4. The molecule has 1 saturated heterocycles. The maximum Gasteiger partial charge on any atom is 0.224 e. The number of hydrogen-bond donors (Lipinski definition) is 2. The SMILES string of the molecule is CNCC(C)C(=O)NCC1CCN(CCC(C)C)CC1. The number of rotatable bonds is 8. The lowest BCUT2D eigenvalue weighted by molar-refractivity contribution is -0.124. The van der Waals surface area contributed by atoms with Gasteiger partial charge in [-0.25, -0.2) is 0 Å². The first-order valence-electron chi connectivity index (χ1n) is 8.17. The van der Waals surface area contributed by atoms with E-state index in [1.165, 1.54) is 38.9 Å². The van der Waals surface area contributed by atoms with E-state index in [9.17, 15) is 4.79 Å². The van der Waals surface area contributed by atoms with Crippen LogP contribution in [0.1, 0.15) is 40.0 Å². The van der Waals surface area contributed by atoms with Crippen molar-refractivity contribution in [1.82, 2.24) is 15.5 Å². The van der Waals surface area contributed by atoms with Crippen molar-refractivity contribution in [3.05, 3.63) is 0 Å². The molecule has 20 heavy (non-hydrogen) atoms. The minimum absolute atomic E-state index is 0.0612. The van der Waals surface area contributed by atoms with Crippen LogP contribution in [0, 0.1) is 17.8 Å². The Hall–Kier alpha value is -0.610. The van der Waals surface area contributed by atoms with E-state index in [0.717, 1.165) is 19.0 Å². The van der Waals surface area contributed by atoms with E-state index in [1.807, 2.05) is 14.0 Å². The second-order valence-corrected chi connectivity index (χ2v) is 6.67. The van der Waals surface area contributed by atoms with Crippen LogP contribution in [0.5, 0.6) is 0 Å². The predicted octanol–water partition coefficient (Wildman–Crippen LogP) is 1.72. The van der Waals surface area contributed by atoms with Crippen molar-refractivity contribution in [2.24, 2.45) is 17.8 Å². The van der Waals surface area contributed by atoms with Crippen molar-refractivity contribution in [3.63, 3.8) is 0 Å². The Morgan fingerprint density at radius 3 is 2.45 bits per heavy atom. The molecule has 0 aromatic carbocycles. The zero-order valence-electron chi connectivity index (χ0n) is 13.7. The number of amides is 1. The highest BCUT2D eigenvalue weighted by Gasteiger charge is 2.20. The van der Waals surface area contributed by atoms with Crippen LogP contribution in [-0.2, 0) is 4.79 Å². The fraction of sp³-hybridized carbons (Fsp3) is 0.938. The Morgan fingerprint density at radius 2 is 1.90 bits per heavy atom. The molecule has 0 aromatic rings. The van der Waals surface area contributed by atoms with E-state index in [-0.39, 0.29) is 11.8 Å². The Labute approximate surface area is 124 Å². The largest absolute Gasteiger partial charge is 0.356 e. The third-order valence-electron chi connectivity index (χ3n) is 4.25. The molecular formula is C16H33N3O. The molecule has 1 fully saturated rings. The molecule has 4 nitrogen and oxygen atoms in total. The molecular weight excluding hydrogens is 250 g/mol. The summed E-state index contributed by atoms with van der Waals surface area (Å²) in [7, 11) is 1.89. The van der Waals surface area contributed by atoms with Crippen molar-refractivity contribution < 1.29 is 4.79 Å². The number of carbonyl (C=O) groups excluding carboxylic acids is 1. The molecule has 1 rings (SSSR count). The lowest BCUT2D eigenvalue weighted by atomic mass is 9.96. The standard InChI is InChI=1S/C16H33N3O/c1-13(2)5-8-19-9-6-15(7-10-19)12-18-16(20)14(3)11-17-4/h13-15,17H,5-12H2,1-4H3,(H,18,20). The lowest BCUT2D eigenvalue weighted by Gasteiger charge is -2.32. The van der Waals surface area contributed by atoms with Crippen LogP contribution in [0.3, 0.4) is 0 Å². The zero-order valence-corrected chi connectivity index (χ0v) is 13.7. The Balaban J connectivity index is 2.14. The molecule has 1 aliphatic heterocycles. The number of likely N-dealkylation sites (tertiary alicyclic amines) is 1. The highest BCUT2D eigenvalue weighted by atomic mass is 16.1. The first-order valence-corrected chi connectivity index (χ1v) is 8.17. The Kier molecular flexibility index (Phi) is 8.15. The summed E-state index contributed by atoms with van der Waals surface area (Å²) in [6, 6.07) is 0. The zero-order chi connectivity index (χ0) is 15.0. The maximum atomic E-state index is 11.9. The molecule has 0 spiro atoms. The minimum atomic E-state index is 0.0612. The summed E-state index contributed by atoms with van der Waals surface area (Å²) in [6.07, 6.45) is 3.74. The molecule has 0 bridgehead atoms. The lowest BCUT2D eigenvalue weighted by Crippen LogP contribution is -2.41. The third-order valence-corrected chi connectivity index (χ3v) is 4.25. The second kappa shape index (κ2) is 9.35. The summed E-state index contributed by atoms with van der Waals surface area (Å²) < 4.78 is 0. The molecule has 0 aromatic heterocycles. The van der Waals surface area contributed by atoms with Crippen LogP contribution in [-0.4, -0.2) is 50.6 Å². The number of nitrogens with zero attached hydrogens (tertiary/aromatic N) is 1. The van der Waals surface area contributed by atoms with Gasteiger partial charge < -0.3 is 15.5 Å². The molecule has 1 unspecified atom stereocenters. The molecule has 0 aliphatic carbocycles. The van der Waals surface area contributed by atoms with E-state index in [2.05, 4.69) is 29.4 Å². The summed E-state index contributed by atoms with van der Waals surface area (Å²) in [5.41, 5.74) is 0. The fourth-order valence-corrected chi connectivity index (χ4v) is 2.67. The predicted molar refractivity (Wildman–Crippen MR) is 84.7 cm³/mol.